The van der Waals surface area contributed by atoms with Crippen LogP contribution in [0.25, 0.3) is 0 Å². The van der Waals surface area contributed by atoms with Crippen molar-refractivity contribution in [3.05, 3.63) is 0 Å². The van der Waals surface area contributed by atoms with Crippen molar-refractivity contribution in [1.82, 2.24) is 0 Å². The summed E-state index contributed by atoms with van der Waals surface area (Å²) >= 11 is 0. The van der Waals surface area contributed by atoms with Crippen molar-refractivity contribution < 1.29 is 0 Å². The third-order valence-corrected chi connectivity index (χ3v) is 5.45. The molecule has 64 valence electrons. The Morgan fingerprint density at radius 3 is 2.36 bits per heavy atom. The van der Waals surface area contributed by atoms with Crippen LogP contribution in [0.4, 0.5) is 0 Å². The smallest absolute Gasteiger partial charge is 0.0106 e. The summed E-state index contributed by atoms with van der Waals surface area (Å²) in [7, 11) is 1.46. The normalized spacial score (nSPS) is 45.3. The molecular weight excluding hydrogens is 148 g/mol. The molecular formula is C10H20Si. The van der Waals surface area contributed by atoms with Gasteiger partial charge in [0.25, 0.3) is 0 Å². The van der Waals surface area contributed by atoms with E-state index in [4.69, 9.17) is 0 Å². The molecule has 3 rings (SSSR count). The van der Waals surface area contributed by atoms with Gasteiger partial charge in [0.1, 0.15) is 0 Å². The van der Waals surface area contributed by atoms with Gasteiger partial charge in [-0.05, 0) is 11.0 Å². The quantitative estimate of drug-likeness (QED) is 0.487. The molecule has 0 heterocycles. The van der Waals surface area contributed by atoms with Gasteiger partial charge in [0.05, 0.1) is 0 Å². The van der Waals surface area contributed by atoms with E-state index >= 15 is 0 Å². The van der Waals surface area contributed by atoms with Gasteiger partial charge < -0.3 is 0 Å². The Morgan fingerprint density at radius 1 is 0.909 bits per heavy atom. The van der Waals surface area contributed by atoms with E-state index in [0.29, 0.717) is 0 Å². The van der Waals surface area contributed by atoms with Crippen molar-refractivity contribution in [2.45, 2.75) is 56.4 Å². The number of hydrogen-bond acceptors (Lipinski definition) is 0. The second-order valence-corrected chi connectivity index (χ2v) is 7.12. The van der Waals surface area contributed by atoms with Crippen LogP contribution in [0.5, 0.6) is 0 Å². The van der Waals surface area contributed by atoms with E-state index in [0.717, 1.165) is 11.0 Å². The van der Waals surface area contributed by atoms with Gasteiger partial charge in [0, 0.05) is 10.2 Å². The number of rotatable bonds is 0. The first-order valence-electron chi connectivity index (χ1n) is 5.29. The first kappa shape index (κ1) is 7.84. The fourth-order valence-electron chi connectivity index (χ4n) is 2.90. The maximum absolute atomic E-state index is 1.59. The van der Waals surface area contributed by atoms with Gasteiger partial charge in [-0.1, -0.05) is 51.4 Å². The molecule has 3 aliphatic rings. The molecule has 0 aromatic heterocycles. The van der Waals surface area contributed by atoms with Crippen LogP contribution in [-0.4, -0.2) is 10.2 Å². The van der Waals surface area contributed by atoms with Crippen molar-refractivity contribution in [3.8, 4) is 0 Å². The average molecular weight is 168 g/mol. The van der Waals surface area contributed by atoms with Crippen LogP contribution in [0, 0.1) is 5.92 Å². The molecule has 0 amide bonds. The van der Waals surface area contributed by atoms with Gasteiger partial charge in [0.15, 0.2) is 0 Å². The molecule has 0 atom stereocenters. The van der Waals surface area contributed by atoms with E-state index in [9.17, 15) is 0 Å². The summed E-state index contributed by atoms with van der Waals surface area (Å²) in [4.78, 5) is 0. The predicted octanol–water partition coefficient (Wildman–Crippen LogP) is 2.27. The molecule has 2 bridgehead atoms. The average Bonchev–Trinajstić information content (AvgIpc) is 1.96. The highest BCUT2D eigenvalue weighted by atomic mass is 28.1. The summed E-state index contributed by atoms with van der Waals surface area (Å²) < 4.78 is 0. The molecule has 0 radical (unpaired) electrons. The van der Waals surface area contributed by atoms with Gasteiger partial charge >= 0.3 is 0 Å². The van der Waals surface area contributed by atoms with Gasteiger partial charge in [0.2, 0.25) is 0 Å². The summed E-state index contributed by atoms with van der Waals surface area (Å²) in [6.45, 7) is 0. The number of fused-ring (bicyclic) bond motifs is 5. The van der Waals surface area contributed by atoms with Gasteiger partial charge in [-0.15, -0.1) is 0 Å². The molecule has 0 nitrogen and oxygen atoms in total. The zero-order chi connectivity index (χ0) is 7.73. The van der Waals surface area contributed by atoms with E-state index in [2.05, 4.69) is 0 Å². The van der Waals surface area contributed by atoms with E-state index in [-0.39, 0.29) is 0 Å². The molecule has 11 heavy (non-hydrogen) atoms. The zero-order valence-corrected chi connectivity index (χ0v) is 9.73. The maximum Gasteiger partial charge on any atom is 0.0106 e. The molecule has 0 spiro atoms. The highest BCUT2D eigenvalue weighted by molar-refractivity contribution is 6.15. The highest BCUT2D eigenvalue weighted by Crippen LogP contribution is 2.49. The Balaban J connectivity index is 2.04. The van der Waals surface area contributed by atoms with Crippen molar-refractivity contribution >= 4 is 10.2 Å². The highest BCUT2D eigenvalue weighted by Gasteiger charge is 2.31. The third-order valence-electron chi connectivity index (χ3n) is 3.95. The molecule has 0 unspecified atom stereocenters. The van der Waals surface area contributed by atoms with Gasteiger partial charge in [-0.2, -0.15) is 0 Å². The Labute approximate surface area is 73.2 Å². The predicted molar refractivity (Wildman–Crippen MR) is 53.1 cm³/mol. The molecule has 3 aliphatic carbocycles. The SMILES string of the molecule is [SiH3]C12CCCCC(CC1)CC2. The minimum atomic E-state index is 0.900. The summed E-state index contributed by atoms with van der Waals surface area (Å²) in [5, 5.41) is 0.900. The Kier molecular flexibility index (Phi) is 2.09. The molecule has 0 aromatic rings. The van der Waals surface area contributed by atoms with Gasteiger partial charge in [-0.25, -0.2) is 0 Å². The van der Waals surface area contributed by atoms with E-state index in [1.54, 1.807) is 44.9 Å². The second-order valence-electron chi connectivity index (χ2n) is 5.00. The lowest BCUT2D eigenvalue weighted by atomic mass is 9.74. The maximum atomic E-state index is 1.59. The van der Waals surface area contributed by atoms with Crippen molar-refractivity contribution in [3.63, 3.8) is 0 Å². The van der Waals surface area contributed by atoms with Crippen LogP contribution < -0.4 is 0 Å². The third kappa shape index (κ3) is 1.69. The van der Waals surface area contributed by atoms with Crippen LogP contribution >= 0.6 is 0 Å². The number of hydrogen-bond donors (Lipinski definition) is 0. The fourth-order valence-corrected chi connectivity index (χ4v) is 3.83. The minimum absolute atomic E-state index is 0.900. The second kappa shape index (κ2) is 2.93. The first-order valence-corrected chi connectivity index (χ1v) is 6.29. The summed E-state index contributed by atoms with van der Waals surface area (Å²) in [6, 6.07) is 0. The zero-order valence-electron chi connectivity index (χ0n) is 7.73. The van der Waals surface area contributed by atoms with E-state index in [1.165, 1.54) is 16.7 Å². The molecule has 0 aromatic carbocycles. The van der Waals surface area contributed by atoms with Crippen LogP contribution in [-0.2, 0) is 0 Å². The molecule has 3 saturated carbocycles. The van der Waals surface area contributed by atoms with Crippen LogP contribution in [0.3, 0.4) is 0 Å². The van der Waals surface area contributed by atoms with Crippen molar-refractivity contribution in [2.75, 3.05) is 0 Å². The van der Waals surface area contributed by atoms with Crippen LogP contribution in [0.15, 0.2) is 0 Å². The molecule has 3 fully saturated rings. The monoisotopic (exact) mass is 168 g/mol. The lowest BCUT2D eigenvalue weighted by Gasteiger charge is -2.40. The summed E-state index contributed by atoms with van der Waals surface area (Å²) in [5.74, 6) is 1.14. The summed E-state index contributed by atoms with van der Waals surface area (Å²) in [5.41, 5.74) is 0. The standard InChI is InChI=1S/C10H20Si/c11-10-6-2-1-3-9(4-7-10)5-8-10/h9H,1-8H2,11H3. The van der Waals surface area contributed by atoms with Gasteiger partial charge in [-0.3, -0.25) is 0 Å². The van der Waals surface area contributed by atoms with Crippen molar-refractivity contribution in [2.24, 2.45) is 5.92 Å². The summed E-state index contributed by atoms with van der Waals surface area (Å²) in [6.07, 6.45) is 12.5. The minimum Gasteiger partial charge on any atom is -0.0531 e. The Hall–Kier alpha value is 0.217. The molecule has 0 aliphatic heterocycles. The topological polar surface area (TPSA) is 0 Å². The molecule has 0 N–H and O–H groups in total. The lowest BCUT2D eigenvalue weighted by Crippen LogP contribution is -2.24. The van der Waals surface area contributed by atoms with Crippen LogP contribution in [0.2, 0.25) is 5.04 Å². The molecule has 0 saturated heterocycles. The lowest BCUT2D eigenvalue weighted by molar-refractivity contribution is 0.231. The first-order chi connectivity index (χ1) is 5.29. The largest absolute Gasteiger partial charge is 0.0531 e. The van der Waals surface area contributed by atoms with E-state index < -0.39 is 0 Å². The molecule has 1 heteroatoms. The van der Waals surface area contributed by atoms with Crippen molar-refractivity contribution in [1.29, 1.82) is 0 Å². The van der Waals surface area contributed by atoms with E-state index in [1.807, 2.05) is 0 Å². The Bertz CT molecular complexity index is 128. The Morgan fingerprint density at radius 2 is 1.64 bits per heavy atom. The van der Waals surface area contributed by atoms with Crippen LogP contribution in [0.1, 0.15) is 51.4 Å². The fraction of sp³-hybridized carbons (Fsp3) is 1.00.